The Kier molecular flexibility index (Phi) is 4.12. The average molecular weight is 349 g/mol. The summed E-state index contributed by atoms with van der Waals surface area (Å²) >= 11 is 6.27. The van der Waals surface area contributed by atoms with E-state index in [9.17, 15) is 0 Å². The maximum atomic E-state index is 6.27. The second-order valence-corrected chi connectivity index (χ2v) is 6.25. The maximum absolute atomic E-state index is 6.27. The summed E-state index contributed by atoms with van der Waals surface area (Å²) in [4.78, 5) is 4.43. The highest BCUT2D eigenvalue weighted by molar-refractivity contribution is 6.34. The monoisotopic (exact) mass is 348 g/mol. The Morgan fingerprint density at radius 2 is 1.76 bits per heavy atom. The molecule has 25 heavy (non-hydrogen) atoms. The molecule has 4 rings (SSSR count). The van der Waals surface area contributed by atoms with E-state index in [1.807, 2.05) is 59.3 Å². The number of para-hydroxylation sites is 1. The summed E-state index contributed by atoms with van der Waals surface area (Å²) in [5, 5.41) is 9.34. The lowest BCUT2D eigenvalue weighted by molar-refractivity contribution is 0.868. The van der Waals surface area contributed by atoms with Gasteiger partial charge in [0.15, 0.2) is 5.15 Å². The first-order valence-corrected chi connectivity index (χ1v) is 8.51. The van der Waals surface area contributed by atoms with E-state index < -0.39 is 0 Å². The van der Waals surface area contributed by atoms with E-state index in [4.69, 9.17) is 11.6 Å². The van der Waals surface area contributed by atoms with Gasteiger partial charge in [0.25, 0.3) is 0 Å². The molecular formula is C20H17ClN4. The second-order valence-electron chi connectivity index (χ2n) is 5.90. The number of pyridine rings is 1. The molecule has 0 unspecified atom stereocenters. The van der Waals surface area contributed by atoms with Crippen LogP contribution in [-0.4, -0.2) is 14.8 Å². The Bertz CT molecular complexity index is 1010. The highest BCUT2D eigenvalue weighted by Crippen LogP contribution is 2.26. The van der Waals surface area contributed by atoms with Crippen molar-refractivity contribution in [3.8, 4) is 5.69 Å². The van der Waals surface area contributed by atoms with Crippen LogP contribution in [-0.2, 0) is 0 Å². The third-order valence-corrected chi connectivity index (χ3v) is 4.47. The van der Waals surface area contributed by atoms with Crippen LogP contribution in [0.5, 0.6) is 0 Å². The lowest BCUT2D eigenvalue weighted by Crippen LogP contribution is -2.08. The van der Waals surface area contributed by atoms with Crippen molar-refractivity contribution in [2.24, 2.45) is 0 Å². The zero-order valence-corrected chi connectivity index (χ0v) is 14.5. The van der Waals surface area contributed by atoms with Crippen molar-refractivity contribution in [2.75, 3.05) is 5.32 Å². The SMILES string of the molecule is C[C@H](Nc1cc(-n2nc(Cl)c3ccccc32)ccn1)c1ccccc1. The maximum Gasteiger partial charge on any atom is 0.159 e. The molecule has 0 aliphatic carbocycles. The molecule has 0 radical (unpaired) electrons. The molecule has 0 aliphatic rings. The first-order valence-electron chi connectivity index (χ1n) is 8.13. The van der Waals surface area contributed by atoms with E-state index in [1.165, 1.54) is 5.56 Å². The Morgan fingerprint density at radius 3 is 2.60 bits per heavy atom. The van der Waals surface area contributed by atoms with E-state index in [0.717, 1.165) is 22.4 Å². The Balaban J connectivity index is 1.67. The molecule has 2 aromatic heterocycles. The fraction of sp³-hybridized carbons (Fsp3) is 0.100. The Morgan fingerprint density at radius 1 is 1.00 bits per heavy atom. The van der Waals surface area contributed by atoms with Crippen LogP contribution in [0.25, 0.3) is 16.6 Å². The van der Waals surface area contributed by atoms with Crippen molar-refractivity contribution in [2.45, 2.75) is 13.0 Å². The van der Waals surface area contributed by atoms with Crippen molar-refractivity contribution in [1.29, 1.82) is 0 Å². The number of anilines is 1. The molecular weight excluding hydrogens is 332 g/mol. The summed E-state index contributed by atoms with van der Waals surface area (Å²) in [7, 11) is 0. The van der Waals surface area contributed by atoms with Gasteiger partial charge >= 0.3 is 0 Å². The smallest absolute Gasteiger partial charge is 0.159 e. The van der Waals surface area contributed by atoms with Gasteiger partial charge in [0, 0.05) is 23.7 Å². The van der Waals surface area contributed by atoms with Crippen LogP contribution in [0.3, 0.4) is 0 Å². The molecule has 4 aromatic rings. The van der Waals surface area contributed by atoms with Gasteiger partial charge in [-0.1, -0.05) is 54.1 Å². The molecule has 0 saturated carbocycles. The fourth-order valence-electron chi connectivity index (χ4n) is 2.90. The molecule has 124 valence electrons. The number of halogens is 1. The summed E-state index contributed by atoms with van der Waals surface area (Å²) in [5.41, 5.74) is 3.10. The van der Waals surface area contributed by atoms with Crippen LogP contribution in [0.1, 0.15) is 18.5 Å². The fourth-order valence-corrected chi connectivity index (χ4v) is 3.14. The van der Waals surface area contributed by atoms with E-state index in [-0.39, 0.29) is 6.04 Å². The van der Waals surface area contributed by atoms with Crippen molar-refractivity contribution >= 4 is 28.3 Å². The van der Waals surface area contributed by atoms with Crippen LogP contribution in [0.15, 0.2) is 72.9 Å². The molecule has 1 N–H and O–H groups in total. The van der Waals surface area contributed by atoms with Crippen molar-refractivity contribution < 1.29 is 0 Å². The van der Waals surface area contributed by atoms with Crippen LogP contribution < -0.4 is 5.32 Å². The van der Waals surface area contributed by atoms with Gasteiger partial charge < -0.3 is 5.32 Å². The molecule has 0 spiro atoms. The molecule has 0 bridgehead atoms. The van der Waals surface area contributed by atoms with Crippen LogP contribution in [0.2, 0.25) is 5.15 Å². The molecule has 1 atom stereocenters. The van der Waals surface area contributed by atoms with Crippen molar-refractivity contribution in [3.63, 3.8) is 0 Å². The van der Waals surface area contributed by atoms with Gasteiger partial charge in [0.2, 0.25) is 0 Å². The number of aromatic nitrogens is 3. The van der Waals surface area contributed by atoms with Gasteiger partial charge in [-0.15, -0.1) is 0 Å². The number of nitrogens with zero attached hydrogens (tertiary/aromatic N) is 3. The third-order valence-electron chi connectivity index (χ3n) is 4.19. The minimum absolute atomic E-state index is 0.155. The number of fused-ring (bicyclic) bond motifs is 1. The summed E-state index contributed by atoms with van der Waals surface area (Å²) in [6.45, 7) is 2.11. The van der Waals surface area contributed by atoms with Crippen molar-refractivity contribution in [3.05, 3.63) is 83.6 Å². The van der Waals surface area contributed by atoms with E-state index in [0.29, 0.717) is 5.15 Å². The van der Waals surface area contributed by atoms with E-state index >= 15 is 0 Å². The predicted molar refractivity (Wildman–Crippen MR) is 102 cm³/mol. The zero-order chi connectivity index (χ0) is 17.2. The van der Waals surface area contributed by atoms with Gasteiger partial charge in [0.1, 0.15) is 5.82 Å². The topological polar surface area (TPSA) is 42.7 Å². The van der Waals surface area contributed by atoms with Crippen LogP contribution in [0, 0.1) is 0 Å². The Hall–Kier alpha value is -2.85. The van der Waals surface area contributed by atoms with Gasteiger partial charge in [-0.05, 0) is 30.7 Å². The highest BCUT2D eigenvalue weighted by Gasteiger charge is 2.11. The van der Waals surface area contributed by atoms with Gasteiger partial charge in [-0.2, -0.15) is 5.10 Å². The van der Waals surface area contributed by atoms with E-state index in [1.54, 1.807) is 6.20 Å². The van der Waals surface area contributed by atoms with Gasteiger partial charge in [-0.25, -0.2) is 9.67 Å². The number of benzene rings is 2. The molecule has 2 heterocycles. The molecule has 0 saturated heterocycles. The van der Waals surface area contributed by atoms with Crippen LogP contribution >= 0.6 is 11.6 Å². The minimum Gasteiger partial charge on any atom is -0.363 e. The van der Waals surface area contributed by atoms with Crippen LogP contribution in [0.4, 0.5) is 5.82 Å². The predicted octanol–water partition coefficient (Wildman–Crippen LogP) is 5.25. The summed E-state index contributed by atoms with van der Waals surface area (Å²) in [6.07, 6.45) is 1.78. The quantitative estimate of drug-likeness (QED) is 0.548. The molecule has 0 amide bonds. The zero-order valence-electron chi connectivity index (χ0n) is 13.7. The van der Waals surface area contributed by atoms with E-state index in [2.05, 4.69) is 34.5 Å². The van der Waals surface area contributed by atoms with Crippen molar-refractivity contribution in [1.82, 2.24) is 14.8 Å². The number of hydrogen-bond acceptors (Lipinski definition) is 3. The third kappa shape index (κ3) is 3.08. The summed E-state index contributed by atoms with van der Waals surface area (Å²) < 4.78 is 1.84. The molecule has 0 fully saturated rings. The molecule has 5 heteroatoms. The van der Waals surface area contributed by atoms with Gasteiger partial charge in [-0.3, -0.25) is 0 Å². The summed E-state index contributed by atoms with van der Waals surface area (Å²) in [6, 6.07) is 22.3. The average Bonchev–Trinajstić information content (AvgIpc) is 3.00. The highest BCUT2D eigenvalue weighted by atomic mass is 35.5. The first-order chi connectivity index (χ1) is 12.2. The minimum atomic E-state index is 0.155. The normalized spacial score (nSPS) is 12.2. The molecule has 4 nitrogen and oxygen atoms in total. The largest absolute Gasteiger partial charge is 0.363 e. The summed E-state index contributed by atoms with van der Waals surface area (Å²) in [5.74, 6) is 0.796. The second kappa shape index (κ2) is 6.57. The van der Waals surface area contributed by atoms with Gasteiger partial charge in [0.05, 0.1) is 11.2 Å². The number of nitrogens with one attached hydrogen (secondary N) is 1. The molecule has 2 aromatic carbocycles. The Labute approximate surface area is 151 Å². The molecule has 0 aliphatic heterocycles. The standard InChI is InChI=1S/C20H17ClN4/c1-14(15-7-3-2-4-8-15)23-19-13-16(11-12-22-19)25-18-10-6-5-9-17(18)20(21)24-25/h2-14H,1H3,(H,22,23)/t14-/m0/s1. The first kappa shape index (κ1) is 15.7. The lowest BCUT2D eigenvalue weighted by Gasteiger charge is -2.15. The number of hydrogen-bond donors (Lipinski definition) is 1. The number of rotatable bonds is 4. The lowest BCUT2D eigenvalue weighted by atomic mass is 10.1.